The first kappa shape index (κ1) is 11.0. The van der Waals surface area contributed by atoms with Gasteiger partial charge in [-0.2, -0.15) is 0 Å². The van der Waals surface area contributed by atoms with Crippen molar-refractivity contribution in [1.29, 1.82) is 0 Å². The summed E-state index contributed by atoms with van der Waals surface area (Å²) < 4.78 is 0. The van der Waals surface area contributed by atoms with Crippen molar-refractivity contribution in [2.45, 2.75) is 58.1 Å². The van der Waals surface area contributed by atoms with Crippen LogP contribution in [0.4, 0.5) is 0 Å². The predicted octanol–water partition coefficient (Wildman–Crippen LogP) is 1.93. The molecule has 1 aliphatic carbocycles. The molecule has 0 bridgehead atoms. The van der Waals surface area contributed by atoms with Crippen LogP contribution in [0.15, 0.2) is 0 Å². The highest BCUT2D eigenvalue weighted by atomic mass is 16.3. The van der Waals surface area contributed by atoms with Crippen LogP contribution >= 0.6 is 0 Å². The molecule has 0 aromatic carbocycles. The Bertz CT molecular complexity index is 151. The SMILES string of the molecule is C[C@@H]1CCC[C@@H](NCC(C)(C)O)C1. The van der Waals surface area contributed by atoms with Crippen LogP contribution in [0.25, 0.3) is 0 Å². The Morgan fingerprint density at radius 3 is 2.62 bits per heavy atom. The molecule has 2 heteroatoms. The molecule has 0 saturated heterocycles. The molecule has 78 valence electrons. The molecule has 0 radical (unpaired) electrons. The highest BCUT2D eigenvalue weighted by Gasteiger charge is 2.20. The molecular weight excluding hydrogens is 162 g/mol. The third kappa shape index (κ3) is 4.63. The van der Waals surface area contributed by atoms with Gasteiger partial charge < -0.3 is 10.4 Å². The van der Waals surface area contributed by atoms with E-state index in [0.717, 1.165) is 5.92 Å². The summed E-state index contributed by atoms with van der Waals surface area (Å²) in [6.45, 7) is 6.74. The molecule has 0 heterocycles. The van der Waals surface area contributed by atoms with Gasteiger partial charge in [-0.25, -0.2) is 0 Å². The summed E-state index contributed by atoms with van der Waals surface area (Å²) in [5.74, 6) is 0.855. The maximum absolute atomic E-state index is 9.55. The minimum absolute atomic E-state index is 0.569. The molecule has 0 unspecified atom stereocenters. The molecule has 0 aromatic heterocycles. The van der Waals surface area contributed by atoms with E-state index < -0.39 is 5.60 Å². The Morgan fingerprint density at radius 2 is 2.08 bits per heavy atom. The molecular formula is C11H23NO. The van der Waals surface area contributed by atoms with Crippen LogP contribution < -0.4 is 5.32 Å². The molecule has 2 atom stereocenters. The summed E-state index contributed by atoms with van der Waals surface area (Å²) in [6.07, 6.45) is 5.27. The summed E-state index contributed by atoms with van der Waals surface area (Å²) in [4.78, 5) is 0. The first-order valence-corrected chi connectivity index (χ1v) is 5.43. The fourth-order valence-corrected chi connectivity index (χ4v) is 2.01. The fourth-order valence-electron chi connectivity index (χ4n) is 2.01. The normalized spacial score (nSPS) is 30.5. The van der Waals surface area contributed by atoms with Crippen LogP contribution in [0.1, 0.15) is 46.5 Å². The maximum Gasteiger partial charge on any atom is 0.0715 e. The van der Waals surface area contributed by atoms with E-state index in [1.807, 2.05) is 13.8 Å². The van der Waals surface area contributed by atoms with E-state index in [1.54, 1.807) is 0 Å². The molecule has 1 fully saturated rings. The molecule has 0 amide bonds. The van der Waals surface area contributed by atoms with Gasteiger partial charge in [0.05, 0.1) is 5.60 Å². The van der Waals surface area contributed by atoms with Crippen molar-refractivity contribution in [2.75, 3.05) is 6.54 Å². The zero-order chi connectivity index (χ0) is 9.90. The lowest BCUT2D eigenvalue weighted by Gasteiger charge is -2.30. The first-order valence-electron chi connectivity index (χ1n) is 5.43. The topological polar surface area (TPSA) is 32.3 Å². The minimum atomic E-state index is -0.569. The van der Waals surface area contributed by atoms with Crippen molar-refractivity contribution in [3.63, 3.8) is 0 Å². The van der Waals surface area contributed by atoms with E-state index in [4.69, 9.17) is 0 Å². The van der Waals surface area contributed by atoms with Gasteiger partial charge in [0.15, 0.2) is 0 Å². The van der Waals surface area contributed by atoms with Gasteiger partial charge in [0, 0.05) is 12.6 Å². The number of hydrogen-bond acceptors (Lipinski definition) is 2. The highest BCUT2D eigenvalue weighted by molar-refractivity contribution is 4.79. The van der Waals surface area contributed by atoms with E-state index in [-0.39, 0.29) is 0 Å². The van der Waals surface area contributed by atoms with Crippen LogP contribution in [0.5, 0.6) is 0 Å². The Morgan fingerprint density at radius 1 is 1.38 bits per heavy atom. The Kier molecular flexibility index (Phi) is 3.74. The van der Waals surface area contributed by atoms with E-state index in [9.17, 15) is 5.11 Å². The zero-order valence-electron chi connectivity index (χ0n) is 9.14. The molecule has 13 heavy (non-hydrogen) atoms. The maximum atomic E-state index is 9.55. The van der Waals surface area contributed by atoms with Crippen LogP contribution in [0, 0.1) is 5.92 Å². The van der Waals surface area contributed by atoms with Crippen LogP contribution in [0.3, 0.4) is 0 Å². The van der Waals surface area contributed by atoms with Crippen molar-refractivity contribution in [1.82, 2.24) is 5.32 Å². The summed E-state index contributed by atoms with van der Waals surface area (Å²) in [5, 5.41) is 13.0. The minimum Gasteiger partial charge on any atom is -0.389 e. The van der Waals surface area contributed by atoms with Gasteiger partial charge in [-0.1, -0.05) is 19.8 Å². The van der Waals surface area contributed by atoms with Crippen molar-refractivity contribution in [3.8, 4) is 0 Å². The lowest BCUT2D eigenvalue weighted by atomic mass is 9.87. The molecule has 1 saturated carbocycles. The number of rotatable bonds is 3. The smallest absolute Gasteiger partial charge is 0.0715 e. The van der Waals surface area contributed by atoms with E-state index in [1.165, 1.54) is 25.7 Å². The lowest BCUT2D eigenvalue weighted by molar-refractivity contribution is 0.0733. The molecule has 1 aliphatic rings. The Hall–Kier alpha value is -0.0800. The number of aliphatic hydroxyl groups is 1. The van der Waals surface area contributed by atoms with Gasteiger partial charge in [0.2, 0.25) is 0 Å². The number of nitrogens with one attached hydrogen (secondary N) is 1. The van der Waals surface area contributed by atoms with Gasteiger partial charge in [-0.05, 0) is 32.6 Å². The monoisotopic (exact) mass is 185 g/mol. The van der Waals surface area contributed by atoms with Crippen molar-refractivity contribution in [3.05, 3.63) is 0 Å². The molecule has 0 aromatic rings. The average Bonchev–Trinajstić information content (AvgIpc) is 2.00. The van der Waals surface area contributed by atoms with Gasteiger partial charge in [0.25, 0.3) is 0 Å². The van der Waals surface area contributed by atoms with Crippen molar-refractivity contribution in [2.24, 2.45) is 5.92 Å². The average molecular weight is 185 g/mol. The Labute approximate surface area is 81.7 Å². The summed E-state index contributed by atoms with van der Waals surface area (Å²) >= 11 is 0. The second-order valence-corrected chi connectivity index (χ2v) is 5.16. The van der Waals surface area contributed by atoms with E-state index in [2.05, 4.69) is 12.2 Å². The number of hydrogen-bond donors (Lipinski definition) is 2. The lowest BCUT2D eigenvalue weighted by Crippen LogP contribution is -2.42. The van der Waals surface area contributed by atoms with Crippen molar-refractivity contribution >= 4 is 0 Å². The third-order valence-electron chi connectivity index (χ3n) is 2.76. The summed E-state index contributed by atoms with van der Waals surface area (Å²) in [6, 6.07) is 0.634. The van der Waals surface area contributed by atoms with Crippen LogP contribution in [-0.2, 0) is 0 Å². The highest BCUT2D eigenvalue weighted by Crippen LogP contribution is 2.23. The quantitative estimate of drug-likeness (QED) is 0.704. The Balaban J connectivity index is 2.21. The summed E-state index contributed by atoms with van der Waals surface area (Å²) in [7, 11) is 0. The van der Waals surface area contributed by atoms with E-state index in [0.29, 0.717) is 12.6 Å². The van der Waals surface area contributed by atoms with Crippen LogP contribution in [-0.4, -0.2) is 23.3 Å². The standard InChI is InChI=1S/C11H23NO/c1-9-5-4-6-10(7-9)12-8-11(2,3)13/h9-10,12-13H,4-8H2,1-3H3/t9-,10-/m1/s1. The summed E-state index contributed by atoms with van der Waals surface area (Å²) in [5.41, 5.74) is -0.569. The molecule has 0 spiro atoms. The second kappa shape index (κ2) is 4.43. The first-order chi connectivity index (χ1) is 5.97. The molecule has 2 N–H and O–H groups in total. The van der Waals surface area contributed by atoms with Gasteiger partial charge >= 0.3 is 0 Å². The van der Waals surface area contributed by atoms with E-state index >= 15 is 0 Å². The van der Waals surface area contributed by atoms with Crippen LogP contribution in [0.2, 0.25) is 0 Å². The van der Waals surface area contributed by atoms with Gasteiger partial charge in [-0.15, -0.1) is 0 Å². The largest absolute Gasteiger partial charge is 0.389 e. The van der Waals surface area contributed by atoms with Crippen molar-refractivity contribution < 1.29 is 5.11 Å². The zero-order valence-corrected chi connectivity index (χ0v) is 9.14. The second-order valence-electron chi connectivity index (χ2n) is 5.16. The van der Waals surface area contributed by atoms with Gasteiger partial charge in [-0.3, -0.25) is 0 Å². The third-order valence-corrected chi connectivity index (χ3v) is 2.76. The molecule has 0 aliphatic heterocycles. The molecule has 2 nitrogen and oxygen atoms in total. The van der Waals surface area contributed by atoms with Gasteiger partial charge in [0.1, 0.15) is 0 Å². The predicted molar refractivity (Wildman–Crippen MR) is 55.7 cm³/mol. The molecule has 1 rings (SSSR count). The fraction of sp³-hybridized carbons (Fsp3) is 1.00.